The van der Waals surface area contributed by atoms with E-state index in [2.05, 4.69) is 33.5 Å². The van der Waals surface area contributed by atoms with E-state index in [1.54, 1.807) is 23.1 Å². The molecular formula is C12H16N4S2. The number of hydrogen-bond acceptors (Lipinski definition) is 6. The van der Waals surface area contributed by atoms with Crippen LogP contribution in [0.3, 0.4) is 0 Å². The third-order valence-electron chi connectivity index (χ3n) is 2.24. The van der Waals surface area contributed by atoms with Gasteiger partial charge < -0.3 is 5.32 Å². The average Bonchev–Trinajstić information content (AvgIpc) is 2.85. The van der Waals surface area contributed by atoms with E-state index in [-0.39, 0.29) is 0 Å². The van der Waals surface area contributed by atoms with Gasteiger partial charge in [-0.15, -0.1) is 10.2 Å². The highest BCUT2D eigenvalue weighted by atomic mass is 32.2. The lowest BCUT2D eigenvalue weighted by atomic mass is 10.3. The van der Waals surface area contributed by atoms with E-state index in [0.717, 1.165) is 40.3 Å². The fourth-order valence-electron chi connectivity index (χ4n) is 1.36. The average molecular weight is 280 g/mol. The largest absolute Gasteiger partial charge is 0.360 e. The number of nitrogens with zero attached hydrogens (tertiary/aromatic N) is 3. The van der Waals surface area contributed by atoms with Crippen LogP contribution in [0, 0.1) is 0 Å². The van der Waals surface area contributed by atoms with Crippen LogP contribution in [0.15, 0.2) is 28.7 Å². The summed E-state index contributed by atoms with van der Waals surface area (Å²) >= 11 is 3.35. The highest BCUT2D eigenvalue weighted by Crippen LogP contribution is 2.25. The minimum absolute atomic E-state index is 0.914. The molecule has 0 amide bonds. The first kappa shape index (κ1) is 13.3. The van der Waals surface area contributed by atoms with Crippen LogP contribution in [0.4, 0.5) is 5.13 Å². The van der Waals surface area contributed by atoms with E-state index in [0.29, 0.717) is 0 Å². The highest BCUT2D eigenvalue weighted by Gasteiger charge is 2.04. The van der Waals surface area contributed by atoms with Crippen LogP contribution >= 0.6 is 23.1 Å². The summed E-state index contributed by atoms with van der Waals surface area (Å²) in [6.45, 7) is 3.09. The molecule has 0 bridgehead atoms. The molecule has 4 nitrogen and oxygen atoms in total. The van der Waals surface area contributed by atoms with Gasteiger partial charge in [0, 0.05) is 24.2 Å². The highest BCUT2D eigenvalue weighted by molar-refractivity contribution is 8.01. The van der Waals surface area contributed by atoms with Crippen molar-refractivity contribution >= 4 is 28.2 Å². The van der Waals surface area contributed by atoms with Crippen LogP contribution in [0.1, 0.15) is 19.0 Å². The standard InChI is InChI=1S/C12H16N4S2/c1-2-7-14-11-15-16-12(18-11)17-9-6-10-5-3-4-8-13-10/h3-5,8H,2,6-7,9H2,1H3,(H,14,15). The summed E-state index contributed by atoms with van der Waals surface area (Å²) in [5, 5.41) is 12.4. The van der Waals surface area contributed by atoms with Gasteiger partial charge in [-0.25, -0.2) is 0 Å². The summed E-state index contributed by atoms with van der Waals surface area (Å²) in [5.41, 5.74) is 1.12. The Morgan fingerprint density at radius 2 is 2.28 bits per heavy atom. The Balaban J connectivity index is 1.75. The van der Waals surface area contributed by atoms with Crippen molar-refractivity contribution in [3.63, 3.8) is 0 Å². The Morgan fingerprint density at radius 1 is 1.33 bits per heavy atom. The Morgan fingerprint density at radius 3 is 3.06 bits per heavy atom. The number of thioether (sulfide) groups is 1. The zero-order valence-corrected chi connectivity index (χ0v) is 11.9. The number of nitrogens with one attached hydrogen (secondary N) is 1. The first-order valence-corrected chi connectivity index (χ1v) is 7.79. The molecule has 96 valence electrons. The van der Waals surface area contributed by atoms with Gasteiger partial charge in [0.1, 0.15) is 0 Å². The topological polar surface area (TPSA) is 50.7 Å². The van der Waals surface area contributed by atoms with Crippen molar-refractivity contribution in [1.29, 1.82) is 0 Å². The van der Waals surface area contributed by atoms with Crippen molar-refractivity contribution in [2.75, 3.05) is 17.6 Å². The van der Waals surface area contributed by atoms with Gasteiger partial charge in [-0.05, 0) is 25.0 Å². The lowest BCUT2D eigenvalue weighted by Gasteiger charge is -1.97. The van der Waals surface area contributed by atoms with Crippen molar-refractivity contribution in [2.24, 2.45) is 0 Å². The molecule has 2 heterocycles. The van der Waals surface area contributed by atoms with Crippen LogP contribution in [0.5, 0.6) is 0 Å². The summed E-state index contributed by atoms with van der Waals surface area (Å²) < 4.78 is 1.02. The Labute approximate surface area is 115 Å². The molecule has 18 heavy (non-hydrogen) atoms. The van der Waals surface area contributed by atoms with Crippen molar-refractivity contribution in [3.05, 3.63) is 30.1 Å². The quantitative estimate of drug-likeness (QED) is 0.790. The molecule has 0 radical (unpaired) electrons. The molecule has 0 aromatic carbocycles. The van der Waals surface area contributed by atoms with Crippen LogP contribution in [-0.2, 0) is 6.42 Å². The van der Waals surface area contributed by atoms with Crippen molar-refractivity contribution in [3.8, 4) is 0 Å². The predicted octanol–water partition coefficient (Wildman–Crippen LogP) is 3.09. The third kappa shape index (κ3) is 4.27. The van der Waals surface area contributed by atoms with Gasteiger partial charge in [-0.2, -0.15) is 0 Å². The molecule has 0 aliphatic carbocycles. The number of anilines is 1. The Bertz CT molecular complexity index is 458. The zero-order valence-electron chi connectivity index (χ0n) is 10.3. The summed E-state index contributed by atoms with van der Waals surface area (Å²) in [7, 11) is 0. The number of rotatable bonds is 7. The lowest BCUT2D eigenvalue weighted by Crippen LogP contribution is -1.98. The molecule has 2 aromatic heterocycles. The van der Waals surface area contributed by atoms with Crippen LogP contribution < -0.4 is 5.32 Å². The van der Waals surface area contributed by atoms with Gasteiger partial charge in [-0.3, -0.25) is 4.98 Å². The maximum atomic E-state index is 4.30. The monoisotopic (exact) mass is 280 g/mol. The van der Waals surface area contributed by atoms with E-state index in [4.69, 9.17) is 0 Å². The SMILES string of the molecule is CCCNc1nnc(SCCc2ccccn2)s1. The molecule has 6 heteroatoms. The van der Waals surface area contributed by atoms with Crippen LogP contribution in [0.2, 0.25) is 0 Å². The molecule has 1 N–H and O–H groups in total. The molecule has 0 spiro atoms. The van der Waals surface area contributed by atoms with Gasteiger partial charge in [0.05, 0.1) is 0 Å². The molecule has 2 aromatic rings. The minimum atomic E-state index is 0.914. The number of aromatic nitrogens is 3. The molecule has 0 saturated heterocycles. The van der Waals surface area contributed by atoms with E-state index in [1.807, 2.05) is 18.3 Å². The number of pyridine rings is 1. The van der Waals surface area contributed by atoms with Crippen LogP contribution in [-0.4, -0.2) is 27.5 Å². The Kier molecular flexibility index (Phi) is 5.41. The van der Waals surface area contributed by atoms with E-state index in [9.17, 15) is 0 Å². The van der Waals surface area contributed by atoms with Crippen molar-refractivity contribution in [2.45, 2.75) is 24.1 Å². The van der Waals surface area contributed by atoms with Gasteiger partial charge in [0.25, 0.3) is 0 Å². The van der Waals surface area contributed by atoms with Gasteiger partial charge >= 0.3 is 0 Å². The number of hydrogen-bond donors (Lipinski definition) is 1. The van der Waals surface area contributed by atoms with Crippen LogP contribution in [0.25, 0.3) is 0 Å². The first-order valence-electron chi connectivity index (χ1n) is 5.98. The number of aryl methyl sites for hydroxylation is 1. The Hall–Kier alpha value is -1.14. The molecule has 0 atom stereocenters. The van der Waals surface area contributed by atoms with E-state index < -0.39 is 0 Å². The van der Waals surface area contributed by atoms with Crippen molar-refractivity contribution in [1.82, 2.24) is 15.2 Å². The molecule has 0 aliphatic heterocycles. The van der Waals surface area contributed by atoms with E-state index >= 15 is 0 Å². The molecule has 0 unspecified atom stereocenters. The summed E-state index contributed by atoms with van der Waals surface area (Å²) in [6, 6.07) is 6.01. The second-order valence-electron chi connectivity index (χ2n) is 3.72. The normalized spacial score (nSPS) is 10.5. The second-order valence-corrected chi connectivity index (χ2v) is 6.04. The smallest absolute Gasteiger partial charge is 0.206 e. The summed E-state index contributed by atoms with van der Waals surface area (Å²) in [5.74, 6) is 0.986. The van der Waals surface area contributed by atoms with Gasteiger partial charge in [0.2, 0.25) is 5.13 Å². The summed E-state index contributed by atoms with van der Waals surface area (Å²) in [4.78, 5) is 4.30. The maximum Gasteiger partial charge on any atom is 0.206 e. The fraction of sp³-hybridized carbons (Fsp3) is 0.417. The fourth-order valence-corrected chi connectivity index (χ4v) is 3.17. The molecular weight excluding hydrogens is 264 g/mol. The van der Waals surface area contributed by atoms with E-state index in [1.165, 1.54) is 0 Å². The predicted molar refractivity (Wildman–Crippen MR) is 77.4 cm³/mol. The lowest BCUT2D eigenvalue weighted by molar-refractivity contribution is 0.950. The molecule has 0 aliphatic rings. The third-order valence-corrected chi connectivity index (χ3v) is 4.26. The van der Waals surface area contributed by atoms with Gasteiger partial charge in [-0.1, -0.05) is 36.1 Å². The zero-order chi connectivity index (χ0) is 12.6. The summed E-state index contributed by atoms with van der Waals surface area (Å²) in [6.07, 6.45) is 3.89. The molecule has 0 saturated carbocycles. The minimum Gasteiger partial charge on any atom is -0.360 e. The molecule has 2 rings (SSSR count). The first-order chi connectivity index (χ1) is 8.88. The van der Waals surface area contributed by atoms with Crippen molar-refractivity contribution < 1.29 is 0 Å². The maximum absolute atomic E-state index is 4.30. The molecule has 0 fully saturated rings. The van der Waals surface area contributed by atoms with Gasteiger partial charge in [0.15, 0.2) is 4.34 Å². The second kappa shape index (κ2) is 7.33.